The van der Waals surface area contributed by atoms with Crippen molar-refractivity contribution in [3.63, 3.8) is 0 Å². The zero-order valence-electron chi connectivity index (χ0n) is 19.5. The van der Waals surface area contributed by atoms with Crippen molar-refractivity contribution >= 4 is 27.0 Å². The van der Waals surface area contributed by atoms with Crippen LogP contribution in [0, 0.1) is 41.5 Å². The van der Waals surface area contributed by atoms with E-state index in [0.29, 0.717) is 5.49 Å². The number of benzene rings is 2. The summed E-state index contributed by atoms with van der Waals surface area (Å²) < 4.78 is 0. The molecule has 0 amide bonds. The van der Waals surface area contributed by atoms with Crippen LogP contribution in [0.25, 0.3) is 21.5 Å². The van der Waals surface area contributed by atoms with Crippen LogP contribution >= 0.6 is 0 Å². The maximum atomic E-state index is 2.26. The van der Waals surface area contributed by atoms with Crippen molar-refractivity contribution in [3.05, 3.63) is 81.9 Å². The van der Waals surface area contributed by atoms with E-state index in [2.05, 4.69) is 90.1 Å². The van der Waals surface area contributed by atoms with Crippen LogP contribution in [0.15, 0.2) is 48.5 Å². The predicted octanol–water partition coefficient (Wildman–Crippen LogP) is 1.90. The third-order valence-corrected chi connectivity index (χ3v) is 13.2. The fourth-order valence-electron chi connectivity index (χ4n) is 3.82. The molecule has 0 N–H and O–H groups in total. The molecule has 1 saturated heterocycles. The van der Waals surface area contributed by atoms with Crippen LogP contribution < -0.4 is 24.8 Å². The monoisotopic (exact) mass is 634 g/mol. The summed E-state index contributed by atoms with van der Waals surface area (Å²) in [6.45, 7) is 13.0. The van der Waals surface area contributed by atoms with Gasteiger partial charge in [-0.3, -0.25) is 0 Å². The summed E-state index contributed by atoms with van der Waals surface area (Å²) >= 11 is 1.56. The first-order chi connectivity index (χ1) is 13.8. The molecule has 0 radical (unpaired) electrons. The van der Waals surface area contributed by atoms with Gasteiger partial charge in [-0.25, -0.2) is 0 Å². The molecule has 0 saturated carbocycles. The summed E-state index contributed by atoms with van der Waals surface area (Å²) in [6, 6.07) is 21.1. The second-order valence-corrected chi connectivity index (χ2v) is 18.4. The van der Waals surface area contributed by atoms with Crippen molar-refractivity contribution in [1.29, 1.82) is 0 Å². The molecule has 1 heterocycles. The average Bonchev–Trinajstić information content (AvgIpc) is 3.25. The first kappa shape index (κ1) is 28.4. The Morgan fingerprint density at radius 3 is 1.23 bits per heavy atom. The third-order valence-electron chi connectivity index (χ3n) is 5.89. The molecule has 1 aliphatic heterocycles. The minimum absolute atomic E-state index is 0. The van der Waals surface area contributed by atoms with Crippen molar-refractivity contribution < 1.29 is 47.8 Å². The normalized spacial score (nSPS) is 12.1. The molecule has 0 unspecified atom stereocenters. The molecule has 4 heteroatoms. The number of hydrogen-bond donors (Lipinski definition) is 0. The molecule has 0 atom stereocenters. The van der Waals surface area contributed by atoms with Crippen molar-refractivity contribution in [3.8, 4) is 0 Å². The van der Waals surface area contributed by atoms with Gasteiger partial charge in [-0.2, -0.15) is 12.1 Å². The van der Waals surface area contributed by atoms with Gasteiger partial charge in [0.2, 0.25) is 0 Å². The first-order valence-electron chi connectivity index (χ1n) is 10.6. The van der Waals surface area contributed by atoms with Crippen LogP contribution in [0.4, 0.5) is 0 Å². The van der Waals surface area contributed by atoms with Crippen LogP contribution in [-0.4, -0.2) is 5.49 Å². The van der Waals surface area contributed by atoms with Crippen molar-refractivity contribution in [2.75, 3.05) is 0 Å². The van der Waals surface area contributed by atoms with E-state index in [4.69, 9.17) is 0 Å². The zero-order chi connectivity index (χ0) is 21.1. The third kappa shape index (κ3) is 7.15. The number of hydrogen-bond acceptors (Lipinski definition) is 0. The molecule has 5 rings (SSSR count). The topological polar surface area (TPSA) is 0 Å². The van der Waals surface area contributed by atoms with E-state index < -0.39 is 0 Å². The molecule has 0 aliphatic carbocycles. The summed E-state index contributed by atoms with van der Waals surface area (Å²) in [5, 5.41) is 5.64. The molecule has 31 heavy (non-hydrogen) atoms. The Labute approximate surface area is 215 Å². The summed E-state index contributed by atoms with van der Waals surface area (Å²) in [6.07, 6.45) is 1.57. The van der Waals surface area contributed by atoms with Gasteiger partial charge in [0.05, 0.1) is 0 Å². The Morgan fingerprint density at radius 1 is 0.645 bits per heavy atom. The number of rotatable bonds is 0. The Bertz CT molecular complexity index is 999. The molecule has 4 aromatic carbocycles. The fraction of sp³-hybridized carbons (Fsp3) is 0.333. The second kappa shape index (κ2) is 12.5. The Balaban J connectivity index is 0.000000242. The second-order valence-electron chi connectivity index (χ2n) is 8.58. The molecule has 1 fully saturated rings. The summed E-state index contributed by atoms with van der Waals surface area (Å²) in [5.74, 6) is 0. The van der Waals surface area contributed by atoms with Gasteiger partial charge in [-0.05, 0) is 13.8 Å². The molecule has 4 aromatic rings. The fourth-order valence-corrected chi connectivity index (χ4v) is 8.34. The van der Waals surface area contributed by atoms with Gasteiger partial charge in [0.1, 0.15) is 0 Å². The Kier molecular flexibility index (Phi) is 11.5. The summed E-state index contributed by atoms with van der Waals surface area (Å²) in [4.78, 5) is 0. The Hall–Kier alpha value is -0.673. The maximum absolute atomic E-state index is 2.26. The van der Waals surface area contributed by atoms with Crippen molar-refractivity contribution in [2.24, 2.45) is 0 Å². The van der Waals surface area contributed by atoms with E-state index in [9.17, 15) is 0 Å². The van der Waals surface area contributed by atoms with E-state index in [0.717, 1.165) is 0 Å². The standard InChI is InChI=1S/2C12H13.C3H6Si.2ClH.Hf/c2*1-8-6-11-9(2)4-5-10(3)12(11)7-8;1-2-4-3-1;;;/h2*4-7H,1-3H3;1-3H2;2*1H;/q2*-1;;;;+2/p-2. The summed E-state index contributed by atoms with van der Waals surface area (Å²) in [7, 11) is 0. The van der Waals surface area contributed by atoms with E-state index in [1.807, 2.05) is 0 Å². The summed E-state index contributed by atoms with van der Waals surface area (Å²) in [5.41, 5.74) is 8.69. The molecule has 0 spiro atoms. The van der Waals surface area contributed by atoms with Gasteiger partial charge in [-0.15, -0.1) is 68.1 Å². The van der Waals surface area contributed by atoms with Crippen LogP contribution in [0.5, 0.6) is 0 Å². The molecule has 1 aliphatic rings. The zero-order valence-corrected chi connectivity index (χ0v) is 25.6. The number of fused-ring (bicyclic) bond motifs is 2. The van der Waals surface area contributed by atoms with E-state index in [1.54, 1.807) is 41.5 Å². The SMILES string of the molecule is Cc1cc2c(C)ccc(C)c2[cH-]1.Cc1cc2c(C)ccc(C)c2[cH-]1.[Cl-].[Cl-].[Hf+2]=[Si]1CCC1. The molecule has 0 bridgehead atoms. The number of aryl methyl sites for hydroxylation is 6. The average molecular weight is 634 g/mol. The van der Waals surface area contributed by atoms with E-state index >= 15 is 0 Å². The van der Waals surface area contributed by atoms with Gasteiger partial charge in [0, 0.05) is 0 Å². The van der Waals surface area contributed by atoms with Crippen LogP contribution in [0.3, 0.4) is 0 Å². The van der Waals surface area contributed by atoms with Gasteiger partial charge in [0.25, 0.3) is 0 Å². The molecular weight excluding hydrogens is 602 g/mol. The quantitative estimate of drug-likeness (QED) is 0.205. The van der Waals surface area contributed by atoms with Gasteiger partial charge in [-0.1, -0.05) is 51.0 Å². The van der Waals surface area contributed by atoms with E-state index in [-0.39, 0.29) is 24.8 Å². The van der Waals surface area contributed by atoms with Crippen LogP contribution in [0.2, 0.25) is 12.1 Å². The van der Waals surface area contributed by atoms with Crippen LogP contribution in [0.1, 0.15) is 39.8 Å². The molecular formula is C27H32Cl2HfSi-2. The Morgan fingerprint density at radius 2 is 0.968 bits per heavy atom. The molecule has 0 aromatic heterocycles. The molecule has 164 valence electrons. The van der Waals surface area contributed by atoms with Crippen LogP contribution in [-0.2, 0) is 23.0 Å². The predicted molar refractivity (Wildman–Crippen MR) is 127 cm³/mol. The number of halogens is 2. The van der Waals surface area contributed by atoms with Gasteiger partial charge >= 0.3 is 47.0 Å². The van der Waals surface area contributed by atoms with Gasteiger partial charge < -0.3 is 24.8 Å². The van der Waals surface area contributed by atoms with Gasteiger partial charge in [0.15, 0.2) is 0 Å². The van der Waals surface area contributed by atoms with Crippen molar-refractivity contribution in [2.45, 2.75) is 60.1 Å². The first-order valence-corrected chi connectivity index (χ1v) is 17.9. The minimum atomic E-state index is 0. The van der Waals surface area contributed by atoms with E-state index in [1.165, 1.54) is 54.9 Å². The molecule has 0 nitrogen and oxygen atoms in total. The van der Waals surface area contributed by atoms with Crippen molar-refractivity contribution in [1.82, 2.24) is 0 Å².